The quantitative estimate of drug-likeness (QED) is 0.523. The molecule has 0 radical (unpaired) electrons. The van der Waals surface area contributed by atoms with Crippen LogP contribution in [0.2, 0.25) is 0 Å². The highest BCUT2D eigenvalue weighted by Gasteiger charge is 2.25. The molecule has 0 aliphatic heterocycles. The van der Waals surface area contributed by atoms with Gasteiger partial charge in [0.15, 0.2) is 28.4 Å². The number of hydrogen-bond acceptors (Lipinski definition) is 3. The van der Waals surface area contributed by atoms with E-state index in [0.29, 0.717) is 6.07 Å². The van der Waals surface area contributed by atoms with Crippen molar-refractivity contribution in [3.05, 3.63) is 45.3 Å². The molecule has 106 valence electrons. The summed E-state index contributed by atoms with van der Waals surface area (Å²) in [5.74, 6) is -9.47. The Hall–Kier alpha value is -2.38. The van der Waals surface area contributed by atoms with Crippen molar-refractivity contribution in [2.45, 2.75) is 6.92 Å². The van der Waals surface area contributed by atoms with Crippen molar-refractivity contribution in [1.29, 1.82) is 0 Å². The predicted octanol–water partition coefficient (Wildman–Crippen LogP) is 2.10. The van der Waals surface area contributed by atoms with Gasteiger partial charge >= 0.3 is 0 Å². The molecule has 0 saturated heterocycles. The molecule has 0 saturated carbocycles. The number of benzene rings is 1. The summed E-state index contributed by atoms with van der Waals surface area (Å²) in [5, 5.41) is 1.17. The molecule has 1 N–H and O–H groups in total. The third kappa shape index (κ3) is 2.02. The maximum Gasteiger partial charge on any atom is 0.287 e. The first-order chi connectivity index (χ1) is 9.38. The van der Waals surface area contributed by atoms with E-state index in [1.165, 1.54) is 0 Å². The number of carbonyl (C=O) groups excluding carboxylic acids is 1. The van der Waals surface area contributed by atoms with Gasteiger partial charge in [-0.15, -0.1) is 0 Å². The second-order valence-corrected chi connectivity index (χ2v) is 3.79. The van der Waals surface area contributed by atoms with Gasteiger partial charge in [0.2, 0.25) is 11.6 Å². The normalized spacial score (nSPS) is 10.8. The van der Waals surface area contributed by atoms with E-state index in [0.717, 1.165) is 0 Å². The average molecular weight is 289 g/mol. The molecule has 2 aromatic rings. The highest BCUT2D eigenvalue weighted by molar-refractivity contribution is 5.93. The van der Waals surface area contributed by atoms with Crippen molar-refractivity contribution in [2.75, 3.05) is 6.54 Å². The van der Waals surface area contributed by atoms with Crippen molar-refractivity contribution in [2.24, 2.45) is 0 Å². The summed E-state index contributed by atoms with van der Waals surface area (Å²) in [7, 11) is 0. The number of fused-ring (bicyclic) bond motifs is 1. The van der Waals surface area contributed by atoms with Crippen LogP contribution >= 0.6 is 0 Å². The smallest absolute Gasteiger partial charge is 0.287 e. The van der Waals surface area contributed by atoms with Crippen LogP contribution in [0.5, 0.6) is 0 Å². The van der Waals surface area contributed by atoms with Crippen LogP contribution in [-0.4, -0.2) is 12.5 Å². The van der Waals surface area contributed by atoms with E-state index in [1.54, 1.807) is 6.92 Å². The first-order valence-electron chi connectivity index (χ1n) is 5.46. The van der Waals surface area contributed by atoms with Crippen LogP contribution in [0.3, 0.4) is 0 Å². The number of halogens is 4. The maximum absolute atomic E-state index is 13.5. The van der Waals surface area contributed by atoms with E-state index in [2.05, 4.69) is 9.73 Å². The molecule has 0 aliphatic rings. The number of carbonyl (C=O) groups is 1. The molecule has 0 aliphatic carbocycles. The molecule has 0 atom stereocenters. The first-order valence-corrected chi connectivity index (χ1v) is 5.46. The topological polar surface area (TPSA) is 59.3 Å². The lowest BCUT2D eigenvalue weighted by Gasteiger charge is -2.06. The highest BCUT2D eigenvalue weighted by Crippen LogP contribution is 2.25. The Morgan fingerprint density at radius 1 is 1.15 bits per heavy atom. The molecular weight excluding hydrogens is 282 g/mol. The minimum Gasteiger partial charge on any atom is -0.447 e. The fraction of sp³-hybridized carbons (Fsp3) is 0.167. The van der Waals surface area contributed by atoms with E-state index in [9.17, 15) is 27.2 Å². The summed E-state index contributed by atoms with van der Waals surface area (Å²) in [5.41, 5.74) is -2.34. The van der Waals surface area contributed by atoms with E-state index in [1.807, 2.05) is 0 Å². The van der Waals surface area contributed by atoms with E-state index in [-0.39, 0.29) is 6.54 Å². The third-order valence-electron chi connectivity index (χ3n) is 2.51. The zero-order chi connectivity index (χ0) is 15.0. The lowest BCUT2D eigenvalue weighted by Crippen LogP contribution is -2.24. The fourth-order valence-corrected chi connectivity index (χ4v) is 1.62. The third-order valence-corrected chi connectivity index (χ3v) is 2.51. The van der Waals surface area contributed by atoms with Gasteiger partial charge in [-0.05, 0) is 6.92 Å². The van der Waals surface area contributed by atoms with Crippen LogP contribution in [0.1, 0.15) is 17.5 Å². The van der Waals surface area contributed by atoms with Gasteiger partial charge in [-0.1, -0.05) is 0 Å². The Bertz CT molecular complexity index is 770. The van der Waals surface area contributed by atoms with Crippen molar-refractivity contribution in [3.8, 4) is 0 Å². The maximum atomic E-state index is 13.5. The summed E-state index contributed by atoms with van der Waals surface area (Å²) >= 11 is 0. The van der Waals surface area contributed by atoms with Gasteiger partial charge in [0.25, 0.3) is 5.91 Å². The molecule has 0 fully saturated rings. The average Bonchev–Trinajstić information content (AvgIpc) is 2.42. The molecule has 1 amide bonds. The van der Waals surface area contributed by atoms with Crippen molar-refractivity contribution >= 4 is 16.9 Å². The molecule has 1 aromatic carbocycles. The Balaban J connectivity index is 2.85. The minimum atomic E-state index is -2.12. The van der Waals surface area contributed by atoms with Crippen LogP contribution in [0.4, 0.5) is 17.6 Å². The highest BCUT2D eigenvalue weighted by atomic mass is 19.2. The van der Waals surface area contributed by atoms with E-state index in [4.69, 9.17) is 0 Å². The molecule has 0 spiro atoms. The predicted molar refractivity (Wildman–Crippen MR) is 60.3 cm³/mol. The minimum absolute atomic E-state index is 0.190. The summed E-state index contributed by atoms with van der Waals surface area (Å²) < 4.78 is 57.7. The van der Waals surface area contributed by atoms with Crippen molar-refractivity contribution in [1.82, 2.24) is 5.32 Å². The molecule has 20 heavy (non-hydrogen) atoms. The number of amides is 1. The largest absolute Gasteiger partial charge is 0.447 e. The summed E-state index contributed by atoms with van der Waals surface area (Å²) in [4.78, 5) is 23.1. The molecule has 1 heterocycles. The summed E-state index contributed by atoms with van der Waals surface area (Å²) in [6.07, 6.45) is 0. The second-order valence-electron chi connectivity index (χ2n) is 3.79. The van der Waals surface area contributed by atoms with Gasteiger partial charge in [-0.3, -0.25) is 9.59 Å². The number of nitrogens with one attached hydrogen (secondary N) is 1. The Morgan fingerprint density at radius 2 is 1.75 bits per heavy atom. The first kappa shape index (κ1) is 14.0. The lowest BCUT2D eigenvalue weighted by molar-refractivity contribution is 0.0928. The van der Waals surface area contributed by atoms with Crippen LogP contribution < -0.4 is 10.7 Å². The Morgan fingerprint density at radius 3 is 2.35 bits per heavy atom. The van der Waals surface area contributed by atoms with E-state index < -0.39 is 51.3 Å². The number of rotatable bonds is 2. The van der Waals surface area contributed by atoms with Crippen LogP contribution in [-0.2, 0) is 0 Å². The molecule has 8 heteroatoms. The second kappa shape index (κ2) is 4.95. The van der Waals surface area contributed by atoms with E-state index >= 15 is 0 Å². The van der Waals surface area contributed by atoms with Gasteiger partial charge < -0.3 is 9.73 Å². The van der Waals surface area contributed by atoms with Gasteiger partial charge in [0.1, 0.15) is 5.39 Å². The van der Waals surface area contributed by atoms with Crippen LogP contribution in [0.25, 0.3) is 11.0 Å². The Labute approximate surface area is 109 Å². The SMILES string of the molecule is CCNC(=O)c1cc(=O)c2c(F)c(F)c(F)c(F)c2o1. The van der Waals surface area contributed by atoms with Crippen molar-refractivity contribution < 1.29 is 26.8 Å². The van der Waals surface area contributed by atoms with Crippen molar-refractivity contribution in [3.63, 3.8) is 0 Å². The molecular formula is C12H7F4NO3. The van der Waals surface area contributed by atoms with Crippen LogP contribution in [0.15, 0.2) is 15.3 Å². The van der Waals surface area contributed by atoms with Gasteiger partial charge in [0, 0.05) is 12.6 Å². The fourth-order valence-electron chi connectivity index (χ4n) is 1.62. The van der Waals surface area contributed by atoms with Gasteiger partial charge in [-0.25, -0.2) is 13.2 Å². The number of hydrogen-bond donors (Lipinski definition) is 1. The molecule has 0 bridgehead atoms. The summed E-state index contributed by atoms with van der Waals surface area (Å²) in [6, 6.07) is 0.577. The molecule has 1 aromatic heterocycles. The zero-order valence-corrected chi connectivity index (χ0v) is 10.0. The molecule has 2 rings (SSSR count). The van der Waals surface area contributed by atoms with Gasteiger partial charge in [-0.2, -0.15) is 4.39 Å². The molecule has 4 nitrogen and oxygen atoms in total. The van der Waals surface area contributed by atoms with Gasteiger partial charge in [0.05, 0.1) is 0 Å². The van der Waals surface area contributed by atoms with Crippen LogP contribution in [0, 0.1) is 23.3 Å². The zero-order valence-electron chi connectivity index (χ0n) is 10.0. The lowest BCUT2D eigenvalue weighted by atomic mass is 10.2. The summed E-state index contributed by atoms with van der Waals surface area (Å²) in [6.45, 7) is 1.77. The standard InChI is InChI=1S/C12H7F4NO3/c1-2-17-12(19)5-3-4(18)6-7(13)8(14)9(15)10(16)11(6)20-5/h3H,2H2,1H3,(H,17,19). The Kier molecular flexibility index (Phi) is 3.47. The molecule has 0 unspecified atom stereocenters. The monoisotopic (exact) mass is 289 g/mol.